The van der Waals surface area contributed by atoms with Crippen LogP contribution in [0.2, 0.25) is 0 Å². The summed E-state index contributed by atoms with van der Waals surface area (Å²) in [6, 6.07) is 7.81. The van der Waals surface area contributed by atoms with Gasteiger partial charge in [0.25, 0.3) is 5.91 Å². The van der Waals surface area contributed by atoms with Gasteiger partial charge in [0, 0.05) is 58.2 Å². The Balaban J connectivity index is 1.76. The van der Waals surface area contributed by atoms with Gasteiger partial charge >= 0.3 is 0 Å². The highest BCUT2D eigenvalue weighted by molar-refractivity contribution is 5.94. The van der Waals surface area contributed by atoms with Gasteiger partial charge in [0.05, 0.1) is 0 Å². The van der Waals surface area contributed by atoms with E-state index in [1.807, 2.05) is 37.5 Å². The van der Waals surface area contributed by atoms with Crippen LogP contribution in [-0.2, 0) is 13.0 Å². The number of amides is 1. The molecule has 0 aliphatic carbocycles. The number of nitrogens with one attached hydrogen (secondary N) is 2. The van der Waals surface area contributed by atoms with Gasteiger partial charge in [-0.2, -0.15) is 0 Å². The Morgan fingerprint density at radius 3 is 2.76 bits per heavy atom. The van der Waals surface area contributed by atoms with Gasteiger partial charge in [-0.1, -0.05) is 12.1 Å². The van der Waals surface area contributed by atoms with E-state index in [9.17, 15) is 4.79 Å². The maximum atomic E-state index is 12.1. The molecule has 0 unspecified atom stereocenters. The van der Waals surface area contributed by atoms with Crippen molar-refractivity contribution < 1.29 is 4.79 Å². The number of rotatable bonds is 10. The van der Waals surface area contributed by atoms with Crippen molar-refractivity contribution in [1.29, 1.82) is 0 Å². The Morgan fingerprint density at radius 2 is 2.07 bits per heavy atom. The first-order chi connectivity index (χ1) is 14.0. The summed E-state index contributed by atoms with van der Waals surface area (Å²) < 4.78 is 2.17. The first-order valence-corrected chi connectivity index (χ1v) is 10.3. The second kappa shape index (κ2) is 11.9. The zero-order chi connectivity index (χ0) is 21.1. The number of hydrogen-bond donors (Lipinski definition) is 2. The molecular weight excluding hydrogens is 364 g/mol. The van der Waals surface area contributed by atoms with Crippen LogP contribution >= 0.6 is 0 Å². The lowest BCUT2D eigenvalue weighted by Crippen LogP contribution is -2.38. The highest BCUT2D eigenvalue weighted by Crippen LogP contribution is 2.07. The second-order valence-electron chi connectivity index (χ2n) is 7.21. The van der Waals surface area contributed by atoms with Crippen LogP contribution < -0.4 is 10.6 Å². The summed E-state index contributed by atoms with van der Waals surface area (Å²) in [7, 11) is 3.54. The van der Waals surface area contributed by atoms with Crippen molar-refractivity contribution in [1.82, 2.24) is 25.1 Å². The standard InChI is InChI=1S/C22H34N6O/c1-5-23-22(25-12-6-7-15-28-16-14-24-18(28)2)26-13-11-19-9-8-10-20(17-19)21(29)27(3)4/h8-10,14,16-17H,5-7,11-13,15H2,1-4H3,(H2,23,25,26). The molecule has 2 N–H and O–H groups in total. The van der Waals surface area contributed by atoms with Gasteiger partial charge in [-0.3, -0.25) is 9.79 Å². The van der Waals surface area contributed by atoms with Crippen molar-refractivity contribution >= 4 is 11.9 Å². The Bertz CT molecular complexity index is 796. The summed E-state index contributed by atoms with van der Waals surface area (Å²) in [5.41, 5.74) is 1.86. The van der Waals surface area contributed by atoms with Gasteiger partial charge in [0.2, 0.25) is 0 Å². The lowest BCUT2D eigenvalue weighted by atomic mass is 10.1. The Kier molecular flexibility index (Phi) is 9.21. The van der Waals surface area contributed by atoms with Gasteiger partial charge in [-0.05, 0) is 50.8 Å². The molecule has 0 aliphatic rings. The quantitative estimate of drug-likeness (QED) is 0.366. The van der Waals surface area contributed by atoms with Gasteiger partial charge in [0.1, 0.15) is 5.82 Å². The molecule has 0 spiro atoms. The summed E-state index contributed by atoms with van der Waals surface area (Å²) in [6.45, 7) is 7.45. The summed E-state index contributed by atoms with van der Waals surface area (Å²) in [6.07, 6.45) is 6.80. The van der Waals surface area contributed by atoms with E-state index < -0.39 is 0 Å². The van der Waals surface area contributed by atoms with E-state index in [4.69, 9.17) is 0 Å². The third kappa shape index (κ3) is 7.60. The Labute approximate surface area is 174 Å². The smallest absolute Gasteiger partial charge is 0.253 e. The Morgan fingerprint density at radius 1 is 1.24 bits per heavy atom. The number of carbonyl (C=O) groups is 1. The van der Waals surface area contributed by atoms with Gasteiger partial charge < -0.3 is 20.1 Å². The summed E-state index contributed by atoms with van der Waals surface area (Å²) in [5.74, 6) is 1.92. The zero-order valence-electron chi connectivity index (χ0n) is 18.1. The highest BCUT2D eigenvalue weighted by atomic mass is 16.2. The molecule has 0 saturated heterocycles. The molecule has 7 heteroatoms. The van der Waals surface area contributed by atoms with Gasteiger partial charge in [-0.25, -0.2) is 4.98 Å². The molecule has 158 valence electrons. The van der Waals surface area contributed by atoms with Crippen LogP contribution in [0, 0.1) is 6.92 Å². The maximum Gasteiger partial charge on any atom is 0.253 e. The van der Waals surface area contributed by atoms with Crippen molar-refractivity contribution in [2.75, 3.05) is 33.7 Å². The van der Waals surface area contributed by atoms with E-state index in [0.29, 0.717) is 0 Å². The topological polar surface area (TPSA) is 74.5 Å². The fourth-order valence-electron chi connectivity index (χ4n) is 3.01. The van der Waals surface area contributed by atoms with Crippen LogP contribution in [-0.4, -0.2) is 60.0 Å². The number of aromatic nitrogens is 2. The van der Waals surface area contributed by atoms with E-state index in [1.54, 1.807) is 19.0 Å². The average molecular weight is 399 g/mol. The minimum absolute atomic E-state index is 0.0283. The first-order valence-electron chi connectivity index (χ1n) is 10.3. The van der Waals surface area contributed by atoms with Crippen molar-refractivity contribution in [2.45, 2.75) is 39.7 Å². The predicted molar refractivity (Wildman–Crippen MR) is 118 cm³/mol. The molecule has 1 aromatic carbocycles. The van der Waals surface area contributed by atoms with Crippen molar-refractivity contribution in [3.63, 3.8) is 0 Å². The molecule has 0 radical (unpaired) electrons. The van der Waals surface area contributed by atoms with Crippen LogP contribution in [0.5, 0.6) is 0 Å². The molecule has 2 rings (SSSR count). The van der Waals surface area contributed by atoms with Crippen LogP contribution in [0.3, 0.4) is 0 Å². The maximum absolute atomic E-state index is 12.1. The number of aliphatic imine (C=N–C) groups is 1. The molecule has 0 bridgehead atoms. The van der Waals surface area contributed by atoms with E-state index in [2.05, 4.69) is 38.2 Å². The molecule has 0 atom stereocenters. The minimum atomic E-state index is 0.0283. The monoisotopic (exact) mass is 398 g/mol. The van der Waals surface area contributed by atoms with E-state index in [1.165, 1.54) is 0 Å². The highest BCUT2D eigenvalue weighted by Gasteiger charge is 2.08. The SMILES string of the molecule is CCNC(=NCCCCn1ccnc1C)NCCc1cccc(C(=O)N(C)C)c1. The number of nitrogens with zero attached hydrogens (tertiary/aromatic N) is 4. The fraction of sp³-hybridized carbons (Fsp3) is 0.500. The molecule has 0 fully saturated rings. The lowest BCUT2D eigenvalue weighted by Gasteiger charge is -2.13. The lowest BCUT2D eigenvalue weighted by molar-refractivity contribution is 0.0827. The number of carbonyl (C=O) groups excluding carboxylic acids is 1. The molecule has 1 heterocycles. The molecule has 0 saturated carbocycles. The van der Waals surface area contributed by atoms with Crippen molar-refractivity contribution in [3.8, 4) is 0 Å². The first kappa shape index (κ1) is 22.5. The number of unbranched alkanes of at least 4 members (excludes halogenated alkanes) is 1. The Hall–Kier alpha value is -2.83. The average Bonchev–Trinajstić information content (AvgIpc) is 3.12. The van der Waals surface area contributed by atoms with E-state index in [-0.39, 0.29) is 5.91 Å². The van der Waals surface area contributed by atoms with Crippen molar-refractivity contribution in [2.24, 2.45) is 4.99 Å². The van der Waals surface area contributed by atoms with E-state index >= 15 is 0 Å². The number of hydrogen-bond acceptors (Lipinski definition) is 3. The third-order valence-electron chi connectivity index (χ3n) is 4.63. The van der Waals surface area contributed by atoms with Crippen LogP contribution in [0.1, 0.15) is 41.5 Å². The number of benzene rings is 1. The van der Waals surface area contributed by atoms with Crippen molar-refractivity contribution in [3.05, 3.63) is 53.6 Å². The predicted octanol–water partition coefficient (Wildman–Crippen LogP) is 2.47. The number of aryl methyl sites for hydroxylation is 2. The van der Waals surface area contributed by atoms with Crippen LogP contribution in [0.15, 0.2) is 41.7 Å². The molecule has 1 amide bonds. The number of guanidine groups is 1. The molecule has 2 aromatic rings. The van der Waals surface area contributed by atoms with Gasteiger partial charge in [0.15, 0.2) is 5.96 Å². The van der Waals surface area contributed by atoms with Crippen LogP contribution in [0.25, 0.3) is 0 Å². The normalized spacial score (nSPS) is 11.4. The summed E-state index contributed by atoms with van der Waals surface area (Å²) in [4.78, 5) is 22.6. The van der Waals surface area contributed by atoms with Gasteiger partial charge in [-0.15, -0.1) is 0 Å². The fourth-order valence-corrected chi connectivity index (χ4v) is 3.01. The number of imidazole rings is 1. The molecular formula is C22H34N6O. The minimum Gasteiger partial charge on any atom is -0.357 e. The molecule has 0 aliphatic heterocycles. The third-order valence-corrected chi connectivity index (χ3v) is 4.63. The molecule has 29 heavy (non-hydrogen) atoms. The molecule has 1 aromatic heterocycles. The summed E-state index contributed by atoms with van der Waals surface area (Å²) >= 11 is 0. The zero-order valence-corrected chi connectivity index (χ0v) is 18.1. The molecule has 7 nitrogen and oxygen atoms in total. The largest absolute Gasteiger partial charge is 0.357 e. The summed E-state index contributed by atoms with van der Waals surface area (Å²) in [5, 5.41) is 6.67. The van der Waals surface area contributed by atoms with E-state index in [0.717, 1.165) is 68.4 Å². The second-order valence-corrected chi connectivity index (χ2v) is 7.21. The van der Waals surface area contributed by atoms with Crippen LogP contribution in [0.4, 0.5) is 0 Å².